The first-order valence-electron chi connectivity index (χ1n) is 6.97. The summed E-state index contributed by atoms with van der Waals surface area (Å²) in [6, 6.07) is 0.730. The predicted octanol–water partition coefficient (Wildman–Crippen LogP) is 0.683. The number of amides is 1. The van der Waals surface area contributed by atoms with Gasteiger partial charge in [-0.05, 0) is 45.8 Å². The van der Waals surface area contributed by atoms with E-state index in [2.05, 4.69) is 10.2 Å². The molecule has 2 saturated heterocycles. The fourth-order valence-corrected chi connectivity index (χ4v) is 3.03. The van der Waals surface area contributed by atoms with Crippen molar-refractivity contribution in [1.29, 1.82) is 0 Å². The van der Waals surface area contributed by atoms with Crippen LogP contribution in [0, 0.1) is 0 Å². The molecule has 17 heavy (non-hydrogen) atoms. The van der Waals surface area contributed by atoms with Gasteiger partial charge in [-0.15, -0.1) is 0 Å². The van der Waals surface area contributed by atoms with E-state index in [0.717, 1.165) is 32.0 Å². The molecule has 0 aromatic rings. The number of rotatable bonds is 3. The standard InChI is InChI=1S/C13H25N3O/c1-14-11-13(17)16-9-5-12(6-10-16)15-7-3-2-4-8-15/h12,14H,2-11H2,1H3. The third kappa shape index (κ3) is 3.42. The van der Waals surface area contributed by atoms with Gasteiger partial charge >= 0.3 is 0 Å². The molecule has 2 rings (SSSR count). The van der Waals surface area contributed by atoms with Gasteiger partial charge in [-0.1, -0.05) is 6.42 Å². The third-order valence-electron chi connectivity index (χ3n) is 4.05. The Balaban J connectivity index is 1.75. The molecular formula is C13H25N3O. The number of piperidine rings is 2. The van der Waals surface area contributed by atoms with Crippen molar-refractivity contribution in [2.24, 2.45) is 0 Å². The summed E-state index contributed by atoms with van der Waals surface area (Å²) in [7, 11) is 1.83. The van der Waals surface area contributed by atoms with Gasteiger partial charge in [0.05, 0.1) is 6.54 Å². The second-order valence-corrected chi connectivity index (χ2v) is 5.24. The normalized spacial score (nSPS) is 23.9. The Kier molecular flexibility index (Phi) is 4.80. The third-order valence-corrected chi connectivity index (χ3v) is 4.05. The highest BCUT2D eigenvalue weighted by Crippen LogP contribution is 2.20. The summed E-state index contributed by atoms with van der Waals surface area (Å²) in [5.74, 6) is 0.254. The van der Waals surface area contributed by atoms with Crippen LogP contribution in [-0.2, 0) is 4.79 Å². The molecule has 2 aliphatic heterocycles. The van der Waals surface area contributed by atoms with Crippen molar-refractivity contribution < 1.29 is 4.79 Å². The van der Waals surface area contributed by atoms with E-state index in [9.17, 15) is 4.79 Å². The SMILES string of the molecule is CNCC(=O)N1CCC(N2CCCCC2)CC1. The molecule has 2 fully saturated rings. The van der Waals surface area contributed by atoms with Crippen molar-refractivity contribution in [3.63, 3.8) is 0 Å². The molecule has 1 amide bonds. The van der Waals surface area contributed by atoms with Crippen molar-refractivity contribution in [2.45, 2.75) is 38.1 Å². The van der Waals surface area contributed by atoms with Gasteiger partial charge in [0.25, 0.3) is 0 Å². The Morgan fingerprint density at radius 3 is 2.35 bits per heavy atom. The van der Waals surface area contributed by atoms with Gasteiger partial charge in [-0.25, -0.2) is 0 Å². The minimum atomic E-state index is 0.254. The molecule has 0 aromatic heterocycles. The Morgan fingerprint density at radius 1 is 1.12 bits per heavy atom. The van der Waals surface area contributed by atoms with E-state index in [1.54, 1.807) is 0 Å². The number of nitrogens with one attached hydrogen (secondary N) is 1. The van der Waals surface area contributed by atoms with Crippen molar-refractivity contribution in [2.75, 3.05) is 39.8 Å². The zero-order chi connectivity index (χ0) is 12.1. The minimum Gasteiger partial charge on any atom is -0.341 e. The molecule has 0 spiro atoms. The molecular weight excluding hydrogens is 214 g/mol. The zero-order valence-electron chi connectivity index (χ0n) is 11.0. The number of hydrogen-bond donors (Lipinski definition) is 1. The number of likely N-dealkylation sites (N-methyl/N-ethyl adjacent to an activating group) is 1. The second kappa shape index (κ2) is 6.36. The summed E-state index contributed by atoms with van der Waals surface area (Å²) in [5, 5.41) is 2.94. The van der Waals surface area contributed by atoms with Crippen LogP contribution < -0.4 is 5.32 Å². The van der Waals surface area contributed by atoms with E-state index < -0.39 is 0 Å². The van der Waals surface area contributed by atoms with Gasteiger partial charge in [-0.2, -0.15) is 0 Å². The molecule has 2 heterocycles. The monoisotopic (exact) mass is 239 g/mol. The highest BCUT2D eigenvalue weighted by atomic mass is 16.2. The van der Waals surface area contributed by atoms with E-state index in [1.807, 2.05) is 11.9 Å². The van der Waals surface area contributed by atoms with Crippen LogP contribution >= 0.6 is 0 Å². The lowest BCUT2D eigenvalue weighted by Crippen LogP contribution is -2.49. The van der Waals surface area contributed by atoms with Gasteiger partial charge in [0.2, 0.25) is 5.91 Å². The van der Waals surface area contributed by atoms with Crippen LogP contribution in [0.15, 0.2) is 0 Å². The van der Waals surface area contributed by atoms with Crippen LogP contribution in [0.1, 0.15) is 32.1 Å². The van der Waals surface area contributed by atoms with Crippen LogP contribution in [0.5, 0.6) is 0 Å². The number of likely N-dealkylation sites (tertiary alicyclic amines) is 2. The van der Waals surface area contributed by atoms with E-state index in [-0.39, 0.29) is 5.91 Å². The molecule has 98 valence electrons. The lowest BCUT2D eigenvalue weighted by Gasteiger charge is -2.40. The smallest absolute Gasteiger partial charge is 0.236 e. The van der Waals surface area contributed by atoms with Gasteiger partial charge in [0, 0.05) is 19.1 Å². The van der Waals surface area contributed by atoms with Crippen LogP contribution in [0.25, 0.3) is 0 Å². The molecule has 2 aliphatic rings. The Hall–Kier alpha value is -0.610. The van der Waals surface area contributed by atoms with E-state index in [1.165, 1.54) is 32.4 Å². The number of carbonyl (C=O) groups is 1. The maximum atomic E-state index is 11.7. The number of nitrogens with zero attached hydrogens (tertiary/aromatic N) is 2. The molecule has 0 saturated carbocycles. The summed E-state index contributed by atoms with van der Waals surface area (Å²) in [4.78, 5) is 16.4. The van der Waals surface area contributed by atoms with E-state index in [4.69, 9.17) is 0 Å². The van der Waals surface area contributed by atoms with Crippen LogP contribution in [0.4, 0.5) is 0 Å². The molecule has 0 bridgehead atoms. The zero-order valence-corrected chi connectivity index (χ0v) is 11.0. The lowest BCUT2D eigenvalue weighted by molar-refractivity contribution is -0.131. The largest absolute Gasteiger partial charge is 0.341 e. The highest BCUT2D eigenvalue weighted by molar-refractivity contribution is 5.78. The number of carbonyl (C=O) groups excluding carboxylic acids is 1. The first-order valence-corrected chi connectivity index (χ1v) is 6.97. The summed E-state index contributed by atoms with van der Waals surface area (Å²) in [5.41, 5.74) is 0. The quantitative estimate of drug-likeness (QED) is 0.787. The topological polar surface area (TPSA) is 35.6 Å². The average molecular weight is 239 g/mol. The van der Waals surface area contributed by atoms with Crippen LogP contribution in [-0.4, -0.2) is 61.5 Å². The van der Waals surface area contributed by atoms with Crippen molar-refractivity contribution in [3.8, 4) is 0 Å². The summed E-state index contributed by atoms with van der Waals surface area (Å²) < 4.78 is 0. The maximum absolute atomic E-state index is 11.7. The minimum absolute atomic E-state index is 0.254. The van der Waals surface area contributed by atoms with Gasteiger partial charge in [0.15, 0.2) is 0 Å². The van der Waals surface area contributed by atoms with E-state index >= 15 is 0 Å². The van der Waals surface area contributed by atoms with E-state index in [0.29, 0.717) is 6.54 Å². The van der Waals surface area contributed by atoms with Crippen LogP contribution in [0.3, 0.4) is 0 Å². The molecule has 0 atom stereocenters. The molecule has 1 N–H and O–H groups in total. The Bertz CT molecular complexity index is 243. The molecule has 4 heteroatoms. The average Bonchev–Trinajstić information content (AvgIpc) is 2.40. The van der Waals surface area contributed by atoms with Gasteiger partial charge < -0.3 is 15.1 Å². The van der Waals surface area contributed by atoms with Crippen LogP contribution in [0.2, 0.25) is 0 Å². The molecule has 4 nitrogen and oxygen atoms in total. The second-order valence-electron chi connectivity index (χ2n) is 5.24. The molecule has 0 aromatic carbocycles. The highest BCUT2D eigenvalue weighted by Gasteiger charge is 2.26. The summed E-state index contributed by atoms with van der Waals surface area (Å²) in [6.07, 6.45) is 6.44. The maximum Gasteiger partial charge on any atom is 0.236 e. The van der Waals surface area contributed by atoms with Gasteiger partial charge in [-0.3, -0.25) is 4.79 Å². The van der Waals surface area contributed by atoms with Crippen molar-refractivity contribution >= 4 is 5.91 Å². The molecule has 0 unspecified atom stereocenters. The molecule has 0 aliphatic carbocycles. The first kappa shape index (κ1) is 12.8. The van der Waals surface area contributed by atoms with Crippen molar-refractivity contribution in [3.05, 3.63) is 0 Å². The summed E-state index contributed by atoms with van der Waals surface area (Å²) in [6.45, 7) is 4.92. The Labute approximate surface area is 104 Å². The number of hydrogen-bond acceptors (Lipinski definition) is 3. The summed E-state index contributed by atoms with van der Waals surface area (Å²) >= 11 is 0. The fraction of sp³-hybridized carbons (Fsp3) is 0.923. The van der Waals surface area contributed by atoms with Crippen molar-refractivity contribution in [1.82, 2.24) is 15.1 Å². The molecule has 0 radical (unpaired) electrons. The predicted molar refractivity (Wildman–Crippen MR) is 69.0 cm³/mol. The Morgan fingerprint density at radius 2 is 1.76 bits per heavy atom. The first-order chi connectivity index (χ1) is 8.31. The fourth-order valence-electron chi connectivity index (χ4n) is 3.03. The lowest BCUT2D eigenvalue weighted by atomic mass is 10.00. The van der Waals surface area contributed by atoms with Gasteiger partial charge in [0.1, 0.15) is 0 Å².